The summed E-state index contributed by atoms with van der Waals surface area (Å²) in [6.45, 7) is 1.34. The van der Waals surface area contributed by atoms with E-state index in [1.807, 2.05) is 0 Å². The van der Waals surface area contributed by atoms with E-state index in [1.165, 1.54) is 32.1 Å². The molecule has 20 heavy (non-hydrogen) atoms. The zero-order valence-electron chi connectivity index (χ0n) is 12.4. The fraction of sp³-hybridized carbons (Fsp3) is 0.867. The smallest absolute Gasteiger partial charge is 0.326 e. The Kier molecular flexibility index (Phi) is 5.40. The summed E-state index contributed by atoms with van der Waals surface area (Å²) in [5, 5.41) is 9.11. The Morgan fingerprint density at radius 1 is 1.15 bits per heavy atom. The van der Waals surface area contributed by atoms with E-state index in [1.54, 1.807) is 4.90 Å². The molecule has 0 radical (unpaired) electrons. The third kappa shape index (κ3) is 3.72. The summed E-state index contributed by atoms with van der Waals surface area (Å²) < 4.78 is 0. The van der Waals surface area contributed by atoms with E-state index in [9.17, 15) is 9.59 Å². The second-order valence-electron chi connectivity index (χ2n) is 6.11. The summed E-state index contributed by atoms with van der Waals surface area (Å²) in [6.07, 6.45) is 8.21. The van der Waals surface area contributed by atoms with Crippen LogP contribution < -0.4 is 0 Å². The Morgan fingerprint density at radius 3 is 2.50 bits per heavy atom. The van der Waals surface area contributed by atoms with Crippen molar-refractivity contribution in [1.29, 1.82) is 0 Å². The Balaban J connectivity index is 1.78. The lowest BCUT2D eigenvalue weighted by atomic mass is 9.94. The van der Waals surface area contributed by atoms with Gasteiger partial charge in [-0.1, -0.05) is 19.3 Å². The van der Waals surface area contributed by atoms with Crippen LogP contribution in [-0.2, 0) is 9.59 Å². The molecular weight excluding hydrogens is 256 g/mol. The van der Waals surface area contributed by atoms with E-state index >= 15 is 0 Å². The average Bonchev–Trinajstić information content (AvgIpc) is 2.95. The van der Waals surface area contributed by atoms with Gasteiger partial charge in [0.05, 0.1) is 0 Å². The van der Waals surface area contributed by atoms with Crippen LogP contribution >= 0.6 is 0 Å². The van der Waals surface area contributed by atoms with Crippen molar-refractivity contribution in [3.63, 3.8) is 0 Å². The molecular formula is C15H26N2O3. The van der Waals surface area contributed by atoms with E-state index in [-0.39, 0.29) is 5.91 Å². The minimum atomic E-state index is -0.864. The van der Waals surface area contributed by atoms with Gasteiger partial charge < -0.3 is 14.9 Å². The molecule has 114 valence electrons. The molecule has 0 aromatic heterocycles. The number of hydrogen-bond donors (Lipinski definition) is 1. The van der Waals surface area contributed by atoms with Gasteiger partial charge in [-0.05, 0) is 32.7 Å². The number of carboxylic acids is 1. The number of carbonyl (C=O) groups is 2. The molecule has 1 N–H and O–H groups in total. The lowest BCUT2D eigenvalue weighted by Gasteiger charge is -2.31. The molecule has 0 aromatic carbocycles. The highest BCUT2D eigenvalue weighted by atomic mass is 16.4. The molecule has 5 heteroatoms. The fourth-order valence-corrected chi connectivity index (χ4v) is 3.44. The van der Waals surface area contributed by atoms with Crippen molar-refractivity contribution >= 4 is 11.9 Å². The van der Waals surface area contributed by atoms with Crippen molar-refractivity contribution in [2.24, 2.45) is 0 Å². The van der Waals surface area contributed by atoms with Crippen molar-refractivity contribution in [2.75, 3.05) is 20.1 Å². The van der Waals surface area contributed by atoms with Crippen molar-refractivity contribution in [3.05, 3.63) is 0 Å². The van der Waals surface area contributed by atoms with Gasteiger partial charge >= 0.3 is 5.97 Å². The van der Waals surface area contributed by atoms with E-state index < -0.39 is 12.0 Å². The van der Waals surface area contributed by atoms with Gasteiger partial charge in [-0.3, -0.25) is 4.79 Å². The van der Waals surface area contributed by atoms with Crippen LogP contribution in [0.5, 0.6) is 0 Å². The lowest BCUT2D eigenvalue weighted by molar-refractivity contribution is -0.148. The normalized spacial score (nSPS) is 24.3. The standard InChI is InChI=1S/C15H26N2O3/c1-16(12-6-3-2-4-7-12)11-9-14(18)17-10-5-8-13(17)15(19)20/h12-13H,2-11H2,1H3,(H,19,20). The number of carbonyl (C=O) groups excluding carboxylic acids is 1. The molecule has 0 spiro atoms. The molecule has 1 saturated heterocycles. The molecule has 1 amide bonds. The number of carboxylic acid groups (broad SMARTS) is 1. The van der Waals surface area contributed by atoms with Crippen molar-refractivity contribution in [2.45, 2.75) is 63.5 Å². The quantitative estimate of drug-likeness (QED) is 0.834. The maximum atomic E-state index is 12.2. The zero-order chi connectivity index (χ0) is 14.5. The summed E-state index contributed by atoms with van der Waals surface area (Å²) >= 11 is 0. The summed E-state index contributed by atoms with van der Waals surface area (Å²) in [5.74, 6) is -0.867. The minimum Gasteiger partial charge on any atom is -0.480 e. The Hall–Kier alpha value is -1.10. The van der Waals surface area contributed by atoms with Gasteiger partial charge in [-0.25, -0.2) is 4.79 Å². The van der Waals surface area contributed by atoms with Crippen molar-refractivity contribution in [3.8, 4) is 0 Å². The average molecular weight is 282 g/mol. The van der Waals surface area contributed by atoms with Crippen LogP contribution in [0.3, 0.4) is 0 Å². The molecule has 2 fully saturated rings. The molecule has 1 aliphatic carbocycles. The number of aliphatic carboxylic acids is 1. The third-order valence-electron chi connectivity index (χ3n) is 4.73. The molecule has 1 saturated carbocycles. The SMILES string of the molecule is CN(CCC(=O)N1CCCC1C(=O)O)C1CCCCC1. The van der Waals surface area contributed by atoms with Crippen LogP contribution in [0.2, 0.25) is 0 Å². The second-order valence-corrected chi connectivity index (χ2v) is 6.11. The molecule has 2 rings (SSSR count). The third-order valence-corrected chi connectivity index (χ3v) is 4.73. The summed E-state index contributed by atoms with van der Waals surface area (Å²) in [6, 6.07) is 0.00730. The largest absolute Gasteiger partial charge is 0.480 e. The first kappa shape index (κ1) is 15.3. The Labute approximate surface area is 120 Å². The monoisotopic (exact) mass is 282 g/mol. The van der Waals surface area contributed by atoms with Gasteiger partial charge in [0.15, 0.2) is 0 Å². The van der Waals surface area contributed by atoms with Crippen LogP contribution in [0.15, 0.2) is 0 Å². The number of rotatable bonds is 5. The van der Waals surface area contributed by atoms with Gasteiger partial charge in [0.25, 0.3) is 0 Å². The van der Waals surface area contributed by atoms with E-state index in [0.717, 1.165) is 13.0 Å². The molecule has 0 bridgehead atoms. The molecule has 2 aliphatic rings. The van der Waals surface area contributed by atoms with Crippen molar-refractivity contribution in [1.82, 2.24) is 9.80 Å². The first-order valence-corrected chi connectivity index (χ1v) is 7.82. The zero-order valence-corrected chi connectivity index (χ0v) is 12.4. The fourth-order valence-electron chi connectivity index (χ4n) is 3.44. The number of amides is 1. The van der Waals surface area contributed by atoms with Crippen LogP contribution in [0, 0.1) is 0 Å². The predicted octanol–water partition coefficient (Wildman–Crippen LogP) is 1.72. The minimum absolute atomic E-state index is 0.00226. The summed E-state index contributed by atoms with van der Waals surface area (Å²) in [4.78, 5) is 27.1. The van der Waals surface area contributed by atoms with Crippen LogP contribution in [0.4, 0.5) is 0 Å². The molecule has 1 heterocycles. The van der Waals surface area contributed by atoms with Gasteiger partial charge in [-0.2, -0.15) is 0 Å². The predicted molar refractivity (Wildman–Crippen MR) is 76.5 cm³/mol. The van der Waals surface area contributed by atoms with Gasteiger partial charge in [-0.15, -0.1) is 0 Å². The summed E-state index contributed by atoms with van der Waals surface area (Å²) in [5.41, 5.74) is 0. The van der Waals surface area contributed by atoms with Crippen molar-refractivity contribution < 1.29 is 14.7 Å². The van der Waals surface area contributed by atoms with Gasteiger partial charge in [0.1, 0.15) is 6.04 Å². The molecule has 0 aromatic rings. The first-order valence-electron chi connectivity index (χ1n) is 7.82. The van der Waals surface area contributed by atoms with Gasteiger partial charge in [0.2, 0.25) is 5.91 Å². The number of nitrogens with zero attached hydrogens (tertiary/aromatic N) is 2. The highest BCUT2D eigenvalue weighted by Gasteiger charge is 2.33. The molecule has 5 nitrogen and oxygen atoms in total. The van der Waals surface area contributed by atoms with E-state index in [0.29, 0.717) is 25.4 Å². The lowest BCUT2D eigenvalue weighted by Crippen LogP contribution is -2.42. The highest BCUT2D eigenvalue weighted by molar-refractivity contribution is 5.84. The Bertz CT molecular complexity index is 353. The summed E-state index contributed by atoms with van der Waals surface area (Å²) in [7, 11) is 2.09. The van der Waals surface area contributed by atoms with E-state index in [2.05, 4.69) is 11.9 Å². The van der Waals surface area contributed by atoms with E-state index in [4.69, 9.17) is 5.11 Å². The second kappa shape index (κ2) is 7.07. The van der Waals surface area contributed by atoms with Gasteiger partial charge in [0, 0.05) is 25.6 Å². The number of likely N-dealkylation sites (tertiary alicyclic amines) is 1. The van der Waals surface area contributed by atoms with Crippen LogP contribution in [0.25, 0.3) is 0 Å². The van der Waals surface area contributed by atoms with Crippen LogP contribution in [-0.4, -0.2) is 59.0 Å². The molecule has 1 atom stereocenters. The molecule has 1 unspecified atom stereocenters. The molecule has 1 aliphatic heterocycles. The topological polar surface area (TPSA) is 60.9 Å². The maximum Gasteiger partial charge on any atom is 0.326 e. The highest BCUT2D eigenvalue weighted by Crippen LogP contribution is 2.22. The Morgan fingerprint density at radius 2 is 1.85 bits per heavy atom. The van der Waals surface area contributed by atoms with Crippen LogP contribution in [0.1, 0.15) is 51.4 Å². The number of hydrogen-bond acceptors (Lipinski definition) is 3. The maximum absolute atomic E-state index is 12.2. The first-order chi connectivity index (χ1) is 9.59.